The molecular weight excluding hydrogens is 432 g/mol. The molecule has 0 bridgehead atoms. The molecule has 4 rings (SSSR count). The lowest BCUT2D eigenvalue weighted by molar-refractivity contribution is -0.137. The normalized spacial score (nSPS) is 15.2. The molecule has 2 aromatic heterocycles. The Morgan fingerprint density at radius 1 is 1.31 bits per heavy atom. The molecule has 1 saturated carbocycles. The highest BCUT2D eigenvalue weighted by molar-refractivity contribution is 5.99. The molecule has 170 valence electrons. The van der Waals surface area contributed by atoms with Gasteiger partial charge in [0.05, 0.1) is 25.0 Å². The molecule has 32 heavy (non-hydrogen) atoms. The number of nitrogens with zero attached hydrogens (tertiary/aromatic N) is 3. The van der Waals surface area contributed by atoms with E-state index in [4.69, 9.17) is 4.74 Å². The number of carbonyl (C=O) groups excluding carboxylic acids is 1. The van der Waals surface area contributed by atoms with Gasteiger partial charge in [0.25, 0.3) is 5.91 Å². The molecule has 2 N–H and O–H groups in total. The third-order valence-electron chi connectivity index (χ3n) is 5.16. The van der Waals surface area contributed by atoms with Gasteiger partial charge in [0.15, 0.2) is 5.65 Å². The van der Waals surface area contributed by atoms with Gasteiger partial charge in [0.1, 0.15) is 17.5 Å². The number of fused-ring (bicyclic) bond motifs is 1. The third-order valence-corrected chi connectivity index (χ3v) is 5.16. The Morgan fingerprint density at radius 3 is 2.78 bits per heavy atom. The maximum absolute atomic E-state index is 13.9. The van der Waals surface area contributed by atoms with Gasteiger partial charge in [-0.1, -0.05) is 6.07 Å². The van der Waals surface area contributed by atoms with Crippen molar-refractivity contribution in [2.45, 2.75) is 31.0 Å². The first-order valence-corrected chi connectivity index (χ1v) is 9.98. The van der Waals surface area contributed by atoms with Gasteiger partial charge in [0.2, 0.25) is 0 Å². The van der Waals surface area contributed by atoms with E-state index >= 15 is 0 Å². The molecule has 0 saturated heterocycles. The van der Waals surface area contributed by atoms with E-state index in [1.54, 1.807) is 10.7 Å². The number of rotatable bonds is 8. The van der Waals surface area contributed by atoms with Crippen LogP contribution >= 0.6 is 0 Å². The van der Waals surface area contributed by atoms with Gasteiger partial charge in [-0.3, -0.25) is 4.79 Å². The zero-order valence-corrected chi connectivity index (χ0v) is 16.8. The predicted molar refractivity (Wildman–Crippen MR) is 104 cm³/mol. The number of halogens is 4. The van der Waals surface area contributed by atoms with E-state index in [-0.39, 0.29) is 25.3 Å². The van der Waals surface area contributed by atoms with Crippen LogP contribution in [0.5, 0.6) is 0 Å². The van der Waals surface area contributed by atoms with E-state index in [9.17, 15) is 27.5 Å². The van der Waals surface area contributed by atoms with Crippen molar-refractivity contribution < 1.29 is 32.2 Å². The Balaban J connectivity index is 1.25. The average molecular weight is 452 g/mol. The fourth-order valence-corrected chi connectivity index (χ4v) is 3.27. The number of alkyl halides is 3. The molecule has 1 aliphatic carbocycles. The summed E-state index contributed by atoms with van der Waals surface area (Å²) in [7, 11) is 0. The minimum atomic E-state index is -4.67. The summed E-state index contributed by atoms with van der Waals surface area (Å²) in [5, 5.41) is 16.8. The van der Waals surface area contributed by atoms with Crippen molar-refractivity contribution in [2.75, 3.05) is 19.8 Å². The Hall–Kier alpha value is -3.05. The van der Waals surface area contributed by atoms with E-state index in [1.165, 1.54) is 6.20 Å². The molecule has 3 aromatic rings. The van der Waals surface area contributed by atoms with Crippen LogP contribution in [0.15, 0.2) is 36.8 Å². The summed E-state index contributed by atoms with van der Waals surface area (Å²) in [6.45, 7) is -0.248. The van der Waals surface area contributed by atoms with Crippen LogP contribution < -0.4 is 5.32 Å². The Bertz CT molecular complexity index is 1130. The molecule has 1 aromatic carbocycles. The molecule has 0 spiro atoms. The SMILES string of the molecule is O=C(NCCOC[C@@H](O)c1ccc(C(F)(F)F)cc1F)c1cnn2cc(C3CC3)cnc12. The van der Waals surface area contributed by atoms with Crippen LogP contribution in [0, 0.1) is 5.82 Å². The van der Waals surface area contributed by atoms with Crippen molar-refractivity contribution in [1.29, 1.82) is 0 Å². The molecule has 0 unspecified atom stereocenters. The highest BCUT2D eigenvalue weighted by atomic mass is 19.4. The Labute approximate surface area is 180 Å². The number of aliphatic hydroxyl groups excluding tert-OH is 1. The molecule has 1 amide bonds. The van der Waals surface area contributed by atoms with Crippen LogP contribution in [0.2, 0.25) is 0 Å². The van der Waals surface area contributed by atoms with Crippen molar-refractivity contribution in [3.63, 3.8) is 0 Å². The van der Waals surface area contributed by atoms with Gasteiger partial charge in [-0.25, -0.2) is 13.9 Å². The van der Waals surface area contributed by atoms with E-state index in [0.29, 0.717) is 29.3 Å². The molecule has 0 aliphatic heterocycles. The fraction of sp³-hybridized carbons (Fsp3) is 0.381. The lowest BCUT2D eigenvalue weighted by Crippen LogP contribution is -2.27. The van der Waals surface area contributed by atoms with Crippen LogP contribution in [0.3, 0.4) is 0 Å². The van der Waals surface area contributed by atoms with Crippen LogP contribution in [0.4, 0.5) is 17.6 Å². The van der Waals surface area contributed by atoms with Gasteiger partial charge >= 0.3 is 6.18 Å². The summed E-state index contributed by atoms with van der Waals surface area (Å²) < 4.78 is 58.5. The number of amides is 1. The van der Waals surface area contributed by atoms with Gasteiger partial charge < -0.3 is 15.2 Å². The van der Waals surface area contributed by atoms with Crippen LogP contribution in [0.25, 0.3) is 5.65 Å². The fourth-order valence-electron chi connectivity index (χ4n) is 3.27. The number of hydrogen-bond acceptors (Lipinski definition) is 5. The number of carbonyl (C=O) groups is 1. The largest absolute Gasteiger partial charge is 0.416 e. The first kappa shape index (κ1) is 22.2. The van der Waals surface area contributed by atoms with Gasteiger partial charge in [0, 0.05) is 24.5 Å². The first-order chi connectivity index (χ1) is 15.2. The lowest BCUT2D eigenvalue weighted by atomic mass is 10.1. The molecule has 0 radical (unpaired) electrons. The van der Waals surface area contributed by atoms with Crippen LogP contribution in [-0.2, 0) is 10.9 Å². The van der Waals surface area contributed by atoms with Crippen molar-refractivity contribution >= 4 is 11.6 Å². The molecule has 11 heteroatoms. The lowest BCUT2D eigenvalue weighted by Gasteiger charge is -2.14. The second-order valence-corrected chi connectivity index (χ2v) is 7.57. The number of aromatic nitrogens is 3. The van der Waals surface area contributed by atoms with Crippen molar-refractivity contribution in [3.8, 4) is 0 Å². The van der Waals surface area contributed by atoms with E-state index in [0.717, 1.165) is 24.5 Å². The highest BCUT2D eigenvalue weighted by Gasteiger charge is 2.31. The maximum Gasteiger partial charge on any atom is 0.416 e. The zero-order chi connectivity index (χ0) is 22.9. The summed E-state index contributed by atoms with van der Waals surface area (Å²) in [4.78, 5) is 16.7. The second kappa shape index (κ2) is 8.83. The zero-order valence-electron chi connectivity index (χ0n) is 16.8. The molecule has 1 aliphatic rings. The number of aliphatic hydroxyl groups is 1. The predicted octanol–water partition coefficient (Wildman–Crippen LogP) is 3.24. The smallest absolute Gasteiger partial charge is 0.386 e. The van der Waals surface area contributed by atoms with Crippen molar-refractivity contribution in [1.82, 2.24) is 19.9 Å². The Kier molecular flexibility index (Phi) is 6.11. The van der Waals surface area contributed by atoms with Gasteiger partial charge in [-0.2, -0.15) is 18.3 Å². The Morgan fingerprint density at radius 2 is 2.09 bits per heavy atom. The molecule has 2 heterocycles. The minimum absolute atomic E-state index is 0.00350. The standard InChI is InChI=1S/C21H20F4N4O3/c22-17-7-14(21(23,24)25)3-4-15(17)18(30)11-32-6-5-26-20(31)16-9-28-29-10-13(12-1-2-12)8-27-19(16)29/h3-4,7-10,12,18,30H,1-2,5-6,11H2,(H,26,31)/t18-/m1/s1. The summed E-state index contributed by atoms with van der Waals surface area (Å²) in [6.07, 6.45) is 1.17. The molecule has 1 fully saturated rings. The van der Waals surface area contributed by atoms with E-state index < -0.39 is 29.6 Å². The number of benzene rings is 1. The number of ether oxygens (including phenoxy) is 1. The highest BCUT2D eigenvalue weighted by Crippen LogP contribution is 2.39. The quantitative estimate of drug-likeness (QED) is 0.405. The van der Waals surface area contributed by atoms with Crippen LogP contribution in [0.1, 0.15) is 51.9 Å². The second-order valence-electron chi connectivity index (χ2n) is 7.57. The maximum atomic E-state index is 13.9. The summed E-state index contributed by atoms with van der Waals surface area (Å²) in [6, 6.07) is 1.90. The summed E-state index contributed by atoms with van der Waals surface area (Å²) in [5.74, 6) is -1.06. The van der Waals surface area contributed by atoms with Gasteiger partial charge in [-0.05, 0) is 36.5 Å². The van der Waals surface area contributed by atoms with Crippen molar-refractivity contribution in [2.24, 2.45) is 0 Å². The topological polar surface area (TPSA) is 88.8 Å². The molecule has 7 nitrogen and oxygen atoms in total. The summed E-state index contributed by atoms with van der Waals surface area (Å²) >= 11 is 0. The monoisotopic (exact) mass is 452 g/mol. The van der Waals surface area contributed by atoms with Gasteiger partial charge in [-0.15, -0.1) is 0 Å². The van der Waals surface area contributed by atoms with Crippen LogP contribution in [-0.4, -0.2) is 45.4 Å². The minimum Gasteiger partial charge on any atom is -0.386 e. The number of hydrogen-bond donors (Lipinski definition) is 2. The molecular formula is C21H20F4N4O3. The van der Waals surface area contributed by atoms with E-state index in [2.05, 4.69) is 15.4 Å². The van der Waals surface area contributed by atoms with E-state index in [1.807, 2.05) is 6.20 Å². The average Bonchev–Trinajstić information content (AvgIpc) is 3.51. The van der Waals surface area contributed by atoms with Crippen molar-refractivity contribution in [3.05, 3.63) is 64.9 Å². The first-order valence-electron chi connectivity index (χ1n) is 9.98. The third kappa shape index (κ3) is 4.89. The summed E-state index contributed by atoms with van der Waals surface area (Å²) in [5.41, 5.74) is 0.384. The number of nitrogens with one attached hydrogen (secondary N) is 1. The molecule has 1 atom stereocenters.